The first-order valence-electron chi connectivity index (χ1n) is 6.51. The Balaban J connectivity index is 2.62. The van der Waals surface area contributed by atoms with Gasteiger partial charge in [-0.15, -0.1) is 0 Å². The molecule has 1 fully saturated rings. The highest BCUT2D eigenvalue weighted by Gasteiger charge is 2.32. The average Bonchev–Trinajstić information content (AvgIpc) is 2.37. The summed E-state index contributed by atoms with van der Waals surface area (Å²) in [7, 11) is 0. The molecule has 1 aliphatic rings. The van der Waals surface area contributed by atoms with E-state index in [1.165, 1.54) is 0 Å². The molecule has 1 saturated carbocycles. The molecular weight excluding hydrogens is 216 g/mol. The number of ether oxygens (including phenoxy) is 1. The smallest absolute Gasteiger partial charge is 0.309 e. The van der Waals surface area contributed by atoms with E-state index in [4.69, 9.17) is 4.74 Å². The van der Waals surface area contributed by atoms with Crippen molar-refractivity contribution in [3.63, 3.8) is 0 Å². The summed E-state index contributed by atoms with van der Waals surface area (Å²) >= 11 is 0. The van der Waals surface area contributed by atoms with Crippen molar-refractivity contribution in [1.29, 1.82) is 0 Å². The summed E-state index contributed by atoms with van der Waals surface area (Å²) in [5.41, 5.74) is -0.423. The van der Waals surface area contributed by atoms with E-state index in [1.807, 2.05) is 20.8 Å². The molecule has 1 aliphatic carbocycles. The third kappa shape index (κ3) is 4.49. The molecule has 0 aromatic heterocycles. The molecule has 0 aromatic rings. The lowest BCUT2D eigenvalue weighted by Gasteiger charge is -2.26. The third-order valence-corrected chi connectivity index (χ3v) is 3.43. The van der Waals surface area contributed by atoms with Crippen LogP contribution in [0.1, 0.15) is 53.4 Å². The lowest BCUT2D eigenvalue weighted by molar-refractivity contribution is -0.162. The van der Waals surface area contributed by atoms with Gasteiger partial charge in [0.05, 0.1) is 5.92 Å². The lowest BCUT2D eigenvalue weighted by Crippen LogP contribution is -2.31. The second-order valence-corrected chi connectivity index (χ2v) is 6.17. The minimum Gasteiger partial charge on any atom is -0.460 e. The maximum atomic E-state index is 12.1. The van der Waals surface area contributed by atoms with Crippen LogP contribution in [-0.2, 0) is 14.3 Å². The topological polar surface area (TPSA) is 43.4 Å². The molecule has 17 heavy (non-hydrogen) atoms. The van der Waals surface area contributed by atoms with Crippen molar-refractivity contribution in [1.82, 2.24) is 0 Å². The number of hydrogen-bond acceptors (Lipinski definition) is 3. The Morgan fingerprint density at radius 3 is 2.29 bits per heavy atom. The van der Waals surface area contributed by atoms with E-state index in [-0.39, 0.29) is 17.8 Å². The van der Waals surface area contributed by atoms with E-state index in [1.54, 1.807) is 0 Å². The van der Waals surface area contributed by atoms with Crippen molar-refractivity contribution in [2.24, 2.45) is 17.8 Å². The largest absolute Gasteiger partial charge is 0.460 e. The average molecular weight is 240 g/mol. The van der Waals surface area contributed by atoms with Crippen molar-refractivity contribution in [2.45, 2.75) is 59.0 Å². The Kier molecular flexibility index (Phi) is 4.72. The highest BCUT2D eigenvalue weighted by Crippen LogP contribution is 2.32. The Hall–Kier alpha value is -0.860. The molecule has 3 nitrogen and oxygen atoms in total. The molecule has 0 N–H and O–H groups in total. The van der Waals surface area contributed by atoms with Gasteiger partial charge in [0, 0.05) is 5.92 Å². The fraction of sp³-hybridized carbons (Fsp3) is 0.857. The highest BCUT2D eigenvalue weighted by atomic mass is 16.6. The quantitative estimate of drug-likeness (QED) is 0.423. The minimum absolute atomic E-state index is 0.0424. The van der Waals surface area contributed by atoms with E-state index >= 15 is 0 Å². The van der Waals surface area contributed by atoms with Crippen LogP contribution in [0.4, 0.5) is 0 Å². The number of aldehydes is 1. The number of carbonyl (C=O) groups is 2. The minimum atomic E-state index is -0.423. The molecule has 0 aliphatic heterocycles. The zero-order valence-corrected chi connectivity index (χ0v) is 11.4. The van der Waals surface area contributed by atoms with Crippen LogP contribution in [-0.4, -0.2) is 17.9 Å². The van der Waals surface area contributed by atoms with Gasteiger partial charge >= 0.3 is 5.97 Å². The second-order valence-electron chi connectivity index (χ2n) is 6.17. The second kappa shape index (κ2) is 5.65. The van der Waals surface area contributed by atoms with Crippen molar-refractivity contribution in [2.75, 3.05) is 0 Å². The zero-order chi connectivity index (χ0) is 13.1. The van der Waals surface area contributed by atoms with Crippen molar-refractivity contribution < 1.29 is 14.3 Å². The van der Waals surface area contributed by atoms with Crippen molar-refractivity contribution >= 4 is 12.3 Å². The summed E-state index contributed by atoms with van der Waals surface area (Å²) < 4.78 is 5.44. The van der Waals surface area contributed by atoms with E-state index < -0.39 is 5.60 Å². The van der Waals surface area contributed by atoms with Gasteiger partial charge in [-0.3, -0.25) is 4.79 Å². The van der Waals surface area contributed by atoms with E-state index in [0.717, 1.165) is 32.0 Å². The van der Waals surface area contributed by atoms with E-state index in [9.17, 15) is 9.59 Å². The Labute approximate surface area is 104 Å². The van der Waals surface area contributed by atoms with E-state index in [0.29, 0.717) is 5.92 Å². The highest BCUT2D eigenvalue weighted by molar-refractivity contribution is 5.73. The first-order valence-corrected chi connectivity index (χ1v) is 6.51. The summed E-state index contributed by atoms with van der Waals surface area (Å²) in [4.78, 5) is 22.9. The molecule has 3 heteroatoms. The summed E-state index contributed by atoms with van der Waals surface area (Å²) in [5, 5.41) is 0. The monoisotopic (exact) mass is 240 g/mol. The van der Waals surface area contributed by atoms with Gasteiger partial charge in [-0.1, -0.05) is 6.92 Å². The summed E-state index contributed by atoms with van der Waals surface area (Å²) in [6.07, 6.45) is 4.47. The van der Waals surface area contributed by atoms with Gasteiger partial charge in [0.1, 0.15) is 11.9 Å². The molecule has 0 aromatic carbocycles. The fourth-order valence-corrected chi connectivity index (χ4v) is 2.36. The predicted molar refractivity (Wildman–Crippen MR) is 66.5 cm³/mol. The van der Waals surface area contributed by atoms with Crippen molar-refractivity contribution in [3.8, 4) is 0 Å². The zero-order valence-electron chi connectivity index (χ0n) is 11.4. The van der Waals surface area contributed by atoms with Gasteiger partial charge < -0.3 is 9.53 Å². The Morgan fingerprint density at radius 1 is 1.18 bits per heavy atom. The predicted octanol–water partition coefficient (Wildman–Crippen LogP) is 2.97. The number of rotatable bonds is 2. The molecule has 0 amide bonds. The first kappa shape index (κ1) is 14.2. The molecule has 0 heterocycles. The van der Waals surface area contributed by atoms with Crippen LogP contribution in [0.15, 0.2) is 0 Å². The molecule has 0 bridgehead atoms. The molecule has 0 radical (unpaired) electrons. The van der Waals surface area contributed by atoms with Gasteiger partial charge in [0.2, 0.25) is 0 Å². The van der Waals surface area contributed by atoms with Crippen LogP contribution < -0.4 is 0 Å². The van der Waals surface area contributed by atoms with Crippen LogP contribution in [0.2, 0.25) is 0 Å². The van der Waals surface area contributed by atoms with Gasteiger partial charge in [-0.2, -0.15) is 0 Å². The molecular formula is C14H24O3. The lowest BCUT2D eigenvalue weighted by atomic mass is 9.89. The first-order chi connectivity index (χ1) is 7.83. The summed E-state index contributed by atoms with van der Waals surface area (Å²) in [6.45, 7) is 7.75. The van der Waals surface area contributed by atoms with Gasteiger partial charge in [-0.25, -0.2) is 0 Å². The van der Waals surface area contributed by atoms with Crippen LogP contribution in [0.5, 0.6) is 0 Å². The van der Waals surface area contributed by atoms with Crippen LogP contribution in [0, 0.1) is 17.8 Å². The number of hydrogen-bond donors (Lipinski definition) is 0. The number of esters is 1. The summed E-state index contributed by atoms with van der Waals surface area (Å²) in [6, 6.07) is 0. The maximum absolute atomic E-state index is 12.1. The Bertz CT molecular complexity index is 278. The SMILES string of the molecule is CC1CCC(C=O)CCC1C(=O)OC(C)(C)C. The van der Waals surface area contributed by atoms with Crippen LogP contribution >= 0.6 is 0 Å². The normalized spacial score (nSPS) is 30.5. The fourth-order valence-electron chi connectivity index (χ4n) is 2.36. The third-order valence-electron chi connectivity index (χ3n) is 3.43. The molecule has 3 atom stereocenters. The molecule has 1 rings (SSSR count). The van der Waals surface area contributed by atoms with E-state index in [2.05, 4.69) is 6.92 Å². The Morgan fingerprint density at radius 2 is 1.76 bits per heavy atom. The van der Waals surface area contributed by atoms with Crippen molar-refractivity contribution in [3.05, 3.63) is 0 Å². The van der Waals surface area contributed by atoms with Crippen LogP contribution in [0.3, 0.4) is 0 Å². The van der Waals surface area contributed by atoms with Gasteiger partial charge in [0.25, 0.3) is 0 Å². The molecule has 3 unspecified atom stereocenters. The maximum Gasteiger partial charge on any atom is 0.309 e. The van der Waals surface area contributed by atoms with Gasteiger partial charge in [0.15, 0.2) is 0 Å². The standard InChI is InChI=1S/C14H24O3/c1-10-5-6-11(9-15)7-8-12(10)13(16)17-14(2,3)4/h9-12H,5-8H2,1-4H3. The molecule has 0 spiro atoms. The molecule has 98 valence electrons. The number of carbonyl (C=O) groups excluding carboxylic acids is 2. The van der Waals surface area contributed by atoms with Gasteiger partial charge in [-0.05, 0) is 52.4 Å². The van der Waals surface area contributed by atoms with Crippen LogP contribution in [0.25, 0.3) is 0 Å². The summed E-state index contributed by atoms with van der Waals surface area (Å²) in [5.74, 6) is 0.301. The molecule has 0 saturated heterocycles.